The van der Waals surface area contributed by atoms with Gasteiger partial charge in [-0.3, -0.25) is 0 Å². The average molecular weight is 395 g/mol. The topological polar surface area (TPSA) is 128 Å². The lowest BCUT2D eigenvalue weighted by Gasteiger charge is -2.30. The predicted octanol–water partition coefficient (Wildman–Crippen LogP) is 0.866. The first-order valence-electron chi connectivity index (χ1n) is 9.07. The maximum atomic E-state index is 11.6. The molecule has 2 heterocycles. The van der Waals surface area contributed by atoms with E-state index in [1.165, 1.54) is 16.8 Å². The molecular formula is C17H25N5O4S. The first-order chi connectivity index (χ1) is 12.7. The van der Waals surface area contributed by atoms with Crippen molar-refractivity contribution in [3.8, 4) is 11.9 Å². The van der Waals surface area contributed by atoms with E-state index in [9.17, 15) is 18.8 Å². The SMILES string of the molecule is C[C@]1(O)CCC[C@H]1Oc1nc(NC2CCN(S(C)(=O)=O)CC2)ncc1C#N. The van der Waals surface area contributed by atoms with Gasteiger partial charge in [0, 0.05) is 19.1 Å². The Morgan fingerprint density at radius 3 is 2.67 bits per heavy atom. The van der Waals surface area contributed by atoms with Gasteiger partial charge in [-0.05, 0) is 39.0 Å². The monoisotopic (exact) mass is 395 g/mol. The molecule has 2 aliphatic rings. The quantitative estimate of drug-likeness (QED) is 0.751. The second-order valence-electron chi connectivity index (χ2n) is 7.46. The molecule has 1 aliphatic heterocycles. The smallest absolute Gasteiger partial charge is 0.236 e. The molecule has 0 spiro atoms. The van der Waals surface area contributed by atoms with Crippen molar-refractivity contribution >= 4 is 16.0 Å². The molecule has 3 rings (SSSR count). The highest BCUT2D eigenvalue weighted by Crippen LogP contribution is 2.33. The highest BCUT2D eigenvalue weighted by molar-refractivity contribution is 7.88. The summed E-state index contributed by atoms with van der Waals surface area (Å²) < 4.78 is 30.5. The molecule has 9 nitrogen and oxygen atoms in total. The molecule has 0 radical (unpaired) electrons. The second-order valence-corrected chi connectivity index (χ2v) is 9.44. The second kappa shape index (κ2) is 7.58. The number of aromatic nitrogens is 2. The van der Waals surface area contributed by atoms with Crippen LogP contribution in [-0.2, 0) is 10.0 Å². The summed E-state index contributed by atoms with van der Waals surface area (Å²) in [6.07, 6.45) is 5.70. The molecule has 148 valence electrons. The molecule has 0 bridgehead atoms. The fourth-order valence-corrected chi connectivity index (χ4v) is 4.43. The molecule has 1 aliphatic carbocycles. The van der Waals surface area contributed by atoms with Crippen molar-refractivity contribution in [1.29, 1.82) is 5.26 Å². The first kappa shape index (κ1) is 19.8. The molecule has 1 aromatic heterocycles. The molecule has 1 aromatic rings. The number of aliphatic hydroxyl groups is 1. The van der Waals surface area contributed by atoms with Gasteiger partial charge in [-0.1, -0.05) is 0 Å². The van der Waals surface area contributed by atoms with Crippen LogP contribution in [0.4, 0.5) is 5.95 Å². The van der Waals surface area contributed by atoms with Crippen LogP contribution in [0.1, 0.15) is 44.6 Å². The lowest BCUT2D eigenvalue weighted by molar-refractivity contribution is -0.0271. The van der Waals surface area contributed by atoms with E-state index in [2.05, 4.69) is 15.3 Å². The van der Waals surface area contributed by atoms with E-state index >= 15 is 0 Å². The van der Waals surface area contributed by atoms with Gasteiger partial charge in [0.1, 0.15) is 17.7 Å². The number of piperidine rings is 1. The number of hydrogen-bond donors (Lipinski definition) is 2. The number of anilines is 1. The van der Waals surface area contributed by atoms with Gasteiger partial charge in [0.05, 0.1) is 18.1 Å². The Balaban J connectivity index is 1.68. The number of hydrogen-bond acceptors (Lipinski definition) is 8. The Kier molecular flexibility index (Phi) is 5.55. The fourth-order valence-electron chi connectivity index (χ4n) is 3.55. The minimum absolute atomic E-state index is 0.0402. The zero-order valence-electron chi connectivity index (χ0n) is 15.6. The lowest BCUT2D eigenvalue weighted by atomic mass is 10.0. The number of sulfonamides is 1. The highest BCUT2D eigenvalue weighted by atomic mass is 32.2. The molecule has 0 amide bonds. The number of nitrogens with zero attached hydrogens (tertiary/aromatic N) is 4. The summed E-state index contributed by atoms with van der Waals surface area (Å²) in [4.78, 5) is 8.49. The number of rotatable bonds is 5. The minimum Gasteiger partial charge on any atom is -0.470 e. The standard InChI is InChI=1S/C17H25N5O4S/c1-17(23)7-3-4-14(17)26-15-12(10-18)11-19-16(21-15)20-13-5-8-22(9-6-13)27(2,24)25/h11,13-14,23H,3-9H2,1-2H3,(H,19,20,21)/t14-,17+/m1/s1. The van der Waals surface area contributed by atoms with Crippen molar-refractivity contribution in [2.24, 2.45) is 0 Å². The van der Waals surface area contributed by atoms with Gasteiger partial charge < -0.3 is 15.2 Å². The van der Waals surface area contributed by atoms with Gasteiger partial charge >= 0.3 is 0 Å². The van der Waals surface area contributed by atoms with E-state index in [0.29, 0.717) is 44.7 Å². The van der Waals surface area contributed by atoms with E-state index in [0.717, 1.165) is 6.42 Å². The van der Waals surface area contributed by atoms with Crippen LogP contribution in [0.2, 0.25) is 0 Å². The van der Waals surface area contributed by atoms with Gasteiger partial charge in [-0.2, -0.15) is 10.2 Å². The maximum absolute atomic E-state index is 11.6. The normalized spacial score (nSPS) is 27.3. The summed E-state index contributed by atoms with van der Waals surface area (Å²) in [6, 6.07) is 2.06. The molecular weight excluding hydrogens is 370 g/mol. The molecule has 1 saturated heterocycles. The molecule has 0 aromatic carbocycles. The number of nitriles is 1. The molecule has 2 atom stereocenters. The zero-order chi connectivity index (χ0) is 19.7. The van der Waals surface area contributed by atoms with E-state index in [-0.39, 0.29) is 17.5 Å². The summed E-state index contributed by atoms with van der Waals surface area (Å²) in [7, 11) is -3.17. The Morgan fingerprint density at radius 2 is 2.11 bits per heavy atom. The van der Waals surface area contributed by atoms with Crippen molar-refractivity contribution in [1.82, 2.24) is 14.3 Å². The third-order valence-electron chi connectivity index (χ3n) is 5.23. The number of ether oxygens (including phenoxy) is 1. The number of nitrogens with one attached hydrogen (secondary N) is 1. The molecule has 0 unspecified atom stereocenters. The van der Waals surface area contributed by atoms with Crippen LogP contribution in [0.25, 0.3) is 0 Å². The molecule has 27 heavy (non-hydrogen) atoms. The summed E-state index contributed by atoms with van der Waals surface area (Å²) >= 11 is 0. The Morgan fingerprint density at radius 1 is 1.41 bits per heavy atom. The maximum Gasteiger partial charge on any atom is 0.236 e. The third-order valence-corrected chi connectivity index (χ3v) is 6.53. The van der Waals surface area contributed by atoms with Crippen molar-refractivity contribution in [2.45, 2.75) is 56.8 Å². The zero-order valence-corrected chi connectivity index (χ0v) is 16.4. The van der Waals surface area contributed by atoms with E-state index < -0.39 is 21.7 Å². The molecule has 1 saturated carbocycles. The van der Waals surface area contributed by atoms with Gasteiger partial charge in [0.15, 0.2) is 0 Å². The van der Waals surface area contributed by atoms with Gasteiger partial charge in [-0.15, -0.1) is 0 Å². The average Bonchev–Trinajstić information content (AvgIpc) is 2.93. The first-order valence-corrected chi connectivity index (χ1v) is 10.9. The van der Waals surface area contributed by atoms with E-state index in [1.54, 1.807) is 6.92 Å². The minimum atomic E-state index is -3.17. The van der Waals surface area contributed by atoms with Gasteiger partial charge in [-0.25, -0.2) is 17.7 Å². The molecule has 2 fully saturated rings. The van der Waals surface area contributed by atoms with Crippen molar-refractivity contribution in [3.63, 3.8) is 0 Å². The highest BCUT2D eigenvalue weighted by Gasteiger charge is 2.39. The predicted molar refractivity (Wildman–Crippen MR) is 98.7 cm³/mol. The molecule has 2 N–H and O–H groups in total. The van der Waals surface area contributed by atoms with Crippen LogP contribution >= 0.6 is 0 Å². The van der Waals surface area contributed by atoms with Crippen LogP contribution in [0.3, 0.4) is 0 Å². The van der Waals surface area contributed by atoms with Crippen LogP contribution in [0.15, 0.2) is 6.20 Å². The van der Waals surface area contributed by atoms with Crippen LogP contribution in [0, 0.1) is 11.3 Å². The van der Waals surface area contributed by atoms with Crippen LogP contribution in [0.5, 0.6) is 5.88 Å². The largest absolute Gasteiger partial charge is 0.470 e. The Labute approximate surface area is 159 Å². The van der Waals surface area contributed by atoms with Crippen molar-refractivity contribution in [2.75, 3.05) is 24.7 Å². The van der Waals surface area contributed by atoms with Crippen LogP contribution in [-0.4, -0.2) is 64.9 Å². The lowest BCUT2D eigenvalue weighted by Crippen LogP contribution is -2.42. The summed E-state index contributed by atoms with van der Waals surface area (Å²) in [5.41, 5.74) is -0.723. The van der Waals surface area contributed by atoms with Gasteiger partial charge in [0.25, 0.3) is 0 Å². The Hall–Kier alpha value is -1.96. The van der Waals surface area contributed by atoms with E-state index in [1.807, 2.05) is 6.07 Å². The van der Waals surface area contributed by atoms with E-state index in [4.69, 9.17) is 4.74 Å². The summed E-state index contributed by atoms with van der Waals surface area (Å²) in [5.74, 6) is 0.496. The summed E-state index contributed by atoms with van der Waals surface area (Å²) in [5, 5.41) is 22.9. The Bertz CT molecular complexity index is 828. The van der Waals surface area contributed by atoms with Crippen molar-refractivity contribution in [3.05, 3.63) is 11.8 Å². The van der Waals surface area contributed by atoms with Gasteiger partial charge in [0.2, 0.25) is 21.9 Å². The van der Waals surface area contributed by atoms with Crippen molar-refractivity contribution < 1.29 is 18.3 Å². The third kappa shape index (κ3) is 4.66. The van der Waals surface area contributed by atoms with Crippen LogP contribution < -0.4 is 10.1 Å². The summed E-state index contributed by atoms with van der Waals surface area (Å²) in [6.45, 7) is 2.62. The molecule has 10 heteroatoms. The fraction of sp³-hybridized carbons (Fsp3) is 0.706.